The second kappa shape index (κ2) is 6.82. The molecule has 1 atom stereocenters. The van der Waals surface area contributed by atoms with Gasteiger partial charge in [0, 0.05) is 24.5 Å². The number of nitrogens with zero attached hydrogens (tertiary/aromatic N) is 3. The zero-order valence-electron chi connectivity index (χ0n) is 11.1. The van der Waals surface area contributed by atoms with Crippen LogP contribution >= 0.6 is 15.9 Å². The molecule has 102 valence electrons. The third-order valence-electron chi connectivity index (χ3n) is 3.06. The molecule has 1 unspecified atom stereocenters. The molecule has 0 spiro atoms. The standard InChI is InChI=1S/C14H19BrN4/c1-2-9-19-14(12(15)10-18-19)13(16)7-6-11-5-3-4-8-17-11/h3-5,8,10,13H,2,6-7,9,16H2,1H3. The molecule has 0 amide bonds. The van der Waals surface area contributed by atoms with Crippen LogP contribution in [0.15, 0.2) is 35.1 Å². The molecule has 4 nitrogen and oxygen atoms in total. The van der Waals surface area contributed by atoms with Crippen molar-refractivity contribution in [2.24, 2.45) is 5.73 Å². The van der Waals surface area contributed by atoms with Crippen LogP contribution in [0.2, 0.25) is 0 Å². The van der Waals surface area contributed by atoms with Crippen molar-refractivity contribution in [1.29, 1.82) is 0 Å². The predicted octanol–water partition coefficient (Wildman–Crippen LogP) is 3.08. The normalized spacial score (nSPS) is 12.6. The number of pyridine rings is 1. The first-order valence-electron chi connectivity index (χ1n) is 6.59. The number of hydrogen-bond donors (Lipinski definition) is 1. The molecule has 0 saturated heterocycles. The van der Waals surface area contributed by atoms with Gasteiger partial charge in [-0.25, -0.2) is 0 Å². The van der Waals surface area contributed by atoms with Crippen molar-refractivity contribution in [2.45, 2.75) is 38.8 Å². The molecule has 5 heteroatoms. The maximum Gasteiger partial charge on any atom is 0.0693 e. The molecule has 0 saturated carbocycles. The highest BCUT2D eigenvalue weighted by Crippen LogP contribution is 2.25. The molecule has 0 aliphatic rings. The third kappa shape index (κ3) is 3.64. The average Bonchev–Trinajstić information content (AvgIpc) is 2.79. The van der Waals surface area contributed by atoms with Gasteiger partial charge in [-0.1, -0.05) is 13.0 Å². The van der Waals surface area contributed by atoms with E-state index in [0.717, 1.165) is 41.7 Å². The highest BCUT2D eigenvalue weighted by molar-refractivity contribution is 9.10. The topological polar surface area (TPSA) is 56.7 Å². The van der Waals surface area contributed by atoms with Crippen molar-refractivity contribution in [3.8, 4) is 0 Å². The van der Waals surface area contributed by atoms with E-state index in [1.165, 1.54) is 0 Å². The van der Waals surface area contributed by atoms with Crippen molar-refractivity contribution in [3.63, 3.8) is 0 Å². The van der Waals surface area contributed by atoms with Gasteiger partial charge in [0.2, 0.25) is 0 Å². The van der Waals surface area contributed by atoms with Crippen LogP contribution in [0.1, 0.15) is 37.2 Å². The molecular weight excluding hydrogens is 304 g/mol. The molecule has 2 N–H and O–H groups in total. The number of halogens is 1. The van der Waals surface area contributed by atoms with E-state index in [2.05, 4.69) is 32.9 Å². The fraction of sp³-hybridized carbons (Fsp3) is 0.429. The number of hydrogen-bond acceptors (Lipinski definition) is 3. The van der Waals surface area contributed by atoms with Crippen LogP contribution in [-0.4, -0.2) is 14.8 Å². The molecule has 19 heavy (non-hydrogen) atoms. The van der Waals surface area contributed by atoms with E-state index in [9.17, 15) is 0 Å². The summed E-state index contributed by atoms with van der Waals surface area (Å²) >= 11 is 3.54. The zero-order valence-corrected chi connectivity index (χ0v) is 12.7. The van der Waals surface area contributed by atoms with E-state index in [1.807, 2.05) is 35.3 Å². The van der Waals surface area contributed by atoms with E-state index in [0.29, 0.717) is 0 Å². The first-order chi connectivity index (χ1) is 9.22. The molecule has 0 fully saturated rings. The Bertz CT molecular complexity index is 509. The Labute approximate surface area is 122 Å². The van der Waals surface area contributed by atoms with Crippen molar-refractivity contribution in [3.05, 3.63) is 46.5 Å². The average molecular weight is 323 g/mol. The number of aromatic nitrogens is 3. The monoisotopic (exact) mass is 322 g/mol. The summed E-state index contributed by atoms with van der Waals surface area (Å²) in [6, 6.07) is 5.94. The van der Waals surface area contributed by atoms with Crippen LogP contribution in [-0.2, 0) is 13.0 Å². The van der Waals surface area contributed by atoms with Gasteiger partial charge in [0.15, 0.2) is 0 Å². The maximum atomic E-state index is 6.30. The van der Waals surface area contributed by atoms with Crippen LogP contribution < -0.4 is 5.73 Å². The molecule has 2 aromatic rings. The lowest BCUT2D eigenvalue weighted by Crippen LogP contribution is -2.18. The first kappa shape index (κ1) is 14.2. The van der Waals surface area contributed by atoms with Gasteiger partial charge in [0.25, 0.3) is 0 Å². The second-order valence-corrected chi connectivity index (χ2v) is 5.42. The Balaban J connectivity index is 2.03. The van der Waals surface area contributed by atoms with Gasteiger partial charge in [-0.3, -0.25) is 9.67 Å². The molecule has 2 aromatic heterocycles. The number of nitrogens with two attached hydrogens (primary N) is 1. The van der Waals surface area contributed by atoms with E-state index >= 15 is 0 Å². The highest BCUT2D eigenvalue weighted by atomic mass is 79.9. The fourth-order valence-electron chi connectivity index (χ4n) is 2.12. The lowest BCUT2D eigenvalue weighted by atomic mass is 10.1. The van der Waals surface area contributed by atoms with Gasteiger partial charge >= 0.3 is 0 Å². The van der Waals surface area contributed by atoms with E-state index < -0.39 is 0 Å². The van der Waals surface area contributed by atoms with Crippen LogP contribution in [0.3, 0.4) is 0 Å². The quantitative estimate of drug-likeness (QED) is 0.889. The molecule has 0 aliphatic heterocycles. The first-order valence-corrected chi connectivity index (χ1v) is 7.38. The van der Waals surface area contributed by atoms with Gasteiger partial charge < -0.3 is 5.73 Å². The molecule has 0 aliphatic carbocycles. The van der Waals surface area contributed by atoms with Gasteiger partial charge in [-0.05, 0) is 47.3 Å². The molecule has 2 heterocycles. The van der Waals surface area contributed by atoms with Crippen LogP contribution in [0, 0.1) is 0 Å². The Morgan fingerprint density at radius 2 is 2.26 bits per heavy atom. The van der Waals surface area contributed by atoms with Crippen molar-refractivity contribution in [1.82, 2.24) is 14.8 Å². The van der Waals surface area contributed by atoms with E-state index in [-0.39, 0.29) is 6.04 Å². The Morgan fingerprint density at radius 3 is 2.95 bits per heavy atom. The Morgan fingerprint density at radius 1 is 1.42 bits per heavy atom. The smallest absolute Gasteiger partial charge is 0.0693 e. The summed E-state index contributed by atoms with van der Waals surface area (Å²) in [6.07, 6.45) is 6.44. The van der Waals surface area contributed by atoms with Crippen LogP contribution in [0.5, 0.6) is 0 Å². The number of aryl methyl sites for hydroxylation is 2. The third-order valence-corrected chi connectivity index (χ3v) is 3.67. The summed E-state index contributed by atoms with van der Waals surface area (Å²) in [7, 11) is 0. The second-order valence-electron chi connectivity index (χ2n) is 4.57. The van der Waals surface area contributed by atoms with Gasteiger partial charge in [-0.2, -0.15) is 5.10 Å². The lowest BCUT2D eigenvalue weighted by Gasteiger charge is -2.14. The van der Waals surface area contributed by atoms with Gasteiger partial charge in [-0.15, -0.1) is 0 Å². The maximum absolute atomic E-state index is 6.30. The fourth-order valence-corrected chi connectivity index (χ4v) is 2.71. The van der Waals surface area contributed by atoms with Crippen LogP contribution in [0.4, 0.5) is 0 Å². The van der Waals surface area contributed by atoms with Crippen molar-refractivity contribution in [2.75, 3.05) is 0 Å². The molecule has 0 aromatic carbocycles. The Hall–Kier alpha value is -1.20. The molecule has 0 bridgehead atoms. The summed E-state index contributed by atoms with van der Waals surface area (Å²) in [5.74, 6) is 0. The summed E-state index contributed by atoms with van der Waals surface area (Å²) in [6.45, 7) is 3.04. The van der Waals surface area contributed by atoms with Crippen molar-refractivity contribution >= 4 is 15.9 Å². The van der Waals surface area contributed by atoms with Gasteiger partial charge in [0.1, 0.15) is 0 Å². The minimum atomic E-state index is -0.0227. The minimum absolute atomic E-state index is 0.0227. The minimum Gasteiger partial charge on any atom is -0.323 e. The van der Waals surface area contributed by atoms with E-state index in [1.54, 1.807) is 0 Å². The molecule has 2 rings (SSSR count). The molecule has 0 radical (unpaired) electrons. The van der Waals surface area contributed by atoms with Crippen LogP contribution in [0.25, 0.3) is 0 Å². The summed E-state index contributed by atoms with van der Waals surface area (Å²) in [5.41, 5.74) is 8.46. The summed E-state index contributed by atoms with van der Waals surface area (Å²) in [4.78, 5) is 4.32. The summed E-state index contributed by atoms with van der Waals surface area (Å²) < 4.78 is 2.99. The number of rotatable bonds is 6. The molecular formula is C14H19BrN4. The predicted molar refractivity (Wildman–Crippen MR) is 79.7 cm³/mol. The Kier molecular flexibility index (Phi) is 5.10. The largest absolute Gasteiger partial charge is 0.323 e. The lowest BCUT2D eigenvalue weighted by molar-refractivity contribution is 0.520. The highest BCUT2D eigenvalue weighted by Gasteiger charge is 2.16. The van der Waals surface area contributed by atoms with Gasteiger partial charge in [0.05, 0.1) is 16.4 Å². The SMILES string of the molecule is CCCn1ncc(Br)c1C(N)CCc1ccccn1. The van der Waals surface area contributed by atoms with E-state index in [4.69, 9.17) is 5.73 Å². The van der Waals surface area contributed by atoms with Crippen molar-refractivity contribution < 1.29 is 0 Å². The summed E-state index contributed by atoms with van der Waals surface area (Å²) in [5, 5.41) is 4.36. The zero-order chi connectivity index (χ0) is 13.7.